The minimum atomic E-state index is -0.896. The number of carbonyl (C=O) groups is 3. The number of carboxylic acid groups (broad SMARTS) is 1. The number of hydrogen-bond donors (Lipinski definition) is 3. The summed E-state index contributed by atoms with van der Waals surface area (Å²) in [4.78, 5) is 34.1. The molecule has 0 spiro atoms. The van der Waals surface area contributed by atoms with Crippen LogP contribution in [-0.4, -0.2) is 34.9 Å². The van der Waals surface area contributed by atoms with Gasteiger partial charge in [0.15, 0.2) is 12.1 Å². The first-order valence-electron chi connectivity index (χ1n) is 12.4. The van der Waals surface area contributed by atoms with Crippen LogP contribution < -0.4 is 10.6 Å². The number of benzene rings is 2. The van der Waals surface area contributed by atoms with E-state index in [1.54, 1.807) is 66.2 Å². The van der Waals surface area contributed by atoms with Crippen LogP contribution in [0.25, 0.3) is 10.9 Å². The first-order valence-corrected chi connectivity index (χ1v) is 12.4. The van der Waals surface area contributed by atoms with Crippen LogP contribution in [0.1, 0.15) is 48.0 Å². The van der Waals surface area contributed by atoms with E-state index in [9.17, 15) is 18.8 Å². The van der Waals surface area contributed by atoms with Crippen LogP contribution in [0.2, 0.25) is 0 Å². The minimum absolute atomic E-state index is 0.0590. The van der Waals surface area contributed by atoms with Gasteiger partial charge in [0.25, 0.3) is 0 Å². The number of aldehydes is 1. The van der Waals surface area contributed by atoms with Gasteiger partial charge in [-0.25, -0.2) is 4.79 Å². The van der Waals surface area contributed by atoms with Gasteiger partial charge in [0, 0.05) is 41.3 Å². The molecule has 0 radical (unpaired) electrons. The Labute approximate surface area is 227 Å². The lowest BCUT2D eigenvalue weighted by molar-refractivity contribution is -0.117. The third-order valence-electron chi connectivity index (χ3n) is 5.77. The topological polar surface area (TPSA) is 100 Å². The average molecular weight is 530 g/mol. The van der Waals surface area contributed by atoms with E-state index in [1.807, 2.05) is 32.9 Å². The number of rotatable bonds is 7. The lowest BCUT2D eigenvalue weighted by Gasteiger charge is -2.17. The molecule has 3 aromatic rings. The minimum Gasteiger partial charge on any atom is -0.478 e. The molecule has 39 heavy (non-hydrogen) atoms. The van der Waals surface area contributed by atoms with Gasteiger partial charge in [-0.3, -0.25) is 9.59 Å². The number of aromatic carboxylic acids is 1. The number of amides is 1. The summed E-state index contributed by atoms with van der Waals surface area (Å²) in [6, 6.07) is 13.8. The summed E-state index contributed by atoms with van der Waals surface area (Å²) in [5, 5.41) is 15.1. The highest BCUT2D eigenvalue weighted by Gasteiger charge is 2.17. The molecule has 1 amide bonds. The average Bonchev–Trinajstić information content (AvgIpc) is 3.09. The third-order valence-corrected chi connectivity index (χ3v) is 5.77. The first kappa shape index (κ1) is 28.9. The summed E-state index contributed by atoms with van der Waals surface area (Å²) < 4.78 is 16.0. The number of nitrogens with zero attached hydrogens (tertiary/aromatic N) is 1. The summed E-state index contributed by atoms with van der Waals surface area (Å²) in [6.45, 7) is 6.23. The largest absolute Gasteiger partial charge is 0.478 e. The molecule has 4 rings (SSSR count). The number of allylic oxidation sites excluding steroid dienone is 5. The van der Waals surface area contributed by atoms with Gasteiger partial charge in [0.2, 0.25) is 5.91 Å². The van der Waals surface area contributed by atoms with Gasteiger partial charge >= 0.3 is 5.97 Å². The monoisotopic (exact) mass is 529 g/mol. The molecular weight excluding hydrogens is 497 g/mol. The molecule has 0 saturated carbocycles. The Morgan fingerprint density at radius 3 is 2.36 bits per heavy atom. The second kappa shape index (κ2) is 12.7. The van der Waals surface area contributed by atoms with Crippen LogP contribution in [0.15, 0.2) is 90.0 Å². The normalized spacial score (nSPS) is 12.5. The second-order valence-electron chi connectivity index (χ2n) is 10.2. The fourth-order valence-corrected chi connectivity index (χ4v) is 3.92. The van der Waals surface area contributed by atoms with Crippen molar-refractivity contribution in [2.24, 2.45) is 5.41 Å². The van der Waals surface area contributed by atoms with Gasteiger partial charge in [0.05, 0.1) is 17.8 Å². The summed E-state index contributed by atoms with van der Waals surface area (Å²) in [5.74, 6) is -1.40. The zero-order valence-electron chi connectivity index (χ0n) is 22.4. The molecule has 0 bridgehead atoms. The highest BCUT2D eigenvalue weighted by molar-refractivity contribution is 5.96. The Morgan fingerprint density at radius 2 is 1.74 bits per heavy atom. The quantitative estimate of drug-likeness (QED) is 0.232. The van der Waals surface area contributed by atoms with Crippen molar-refractivity contribution in [2.45, 2.75) is 33.7 Å². The maximum atomic E-state index is 14.2. The van der Waals surface area contributed by atoms with E-state index in [0.29, 0.717) is 28.9 Å². The van der Waals surface area contributed by atoms with E-state index in [-0.39, 0.29) is 17.9 Å². The molecule has 3 N–H and O–H groups in total. The fourth-order valence-electron chi connectivity index (χ4n) is 3.92. The van der Waals surface area contributed by atoms with E-state index in [4.69, 9.17) is 5.11 Å². The predicted octanol–water partition coefficient (Wildman–Crippen LogP) is 6.76. The molecule has 0 saturated heterocycles. The Hall–Kier alpha value is -4.68. The summed E-state index contributed by atoms with van der Waals surface area (Å²) in [7, 11) is 1.79. The number of nitrogens with one attached hydrogen (secondary N) is 2. The van der Waals surface area contributed by atoms with Crippen LogP contribution in [0, 0.1) is 5.41 Å². The summed E-state index contributed by atoms with van der Waals surface area (Å²) in [6.07, 6.45) is 7.79. The van der Waals surface area contributed by atoms with Crippen LogP contribution in [0.4, 0.5) is 15.8 Å². The number of fused-ring (bicyclic) bond motifs is 1. The molecule has 0 aliphatic heterocycles. The van der Waals surface area contributed by atoms with E-state index >= 15 is 0 Å². The lowest BCUT2D eigenvalue weighted by Crippen LogP contribution is -2.19. The van der Waals surface area contributed by atoms with Gasteiger partial charge in [-0.2, -0.15) is 4.39 Å². The maximum Gasteiger partial charge on any atom is 0.335 e. The number of halogens is 1. The molecule has 1 aromatic heterocycles. The second-order valence-corrected chi connectivity index (χ2v) is 10.2. The van der Waals surface area contributed by atoms with Gasteiger partial charge in [-0.05, 0) is 60.0 Å². The van der Waals surface area contributed by atoms with Crippen molar-refractivity contribution in [3.8, 4) is 0 Å². The molecule has 1 aliphatic rings. The molecule has 1 heterocycles. The standard InChI is InChI=1S/C23H23FN2O2.C8H9NO2/c1-23(2,3)13-22(28)25-18-9-10-21-17(11-18)12-19(15-27)26(21)14-16-7-5-4-6-8-20(16)24;1-9-7-4-2-6(3-5-7)8(10)11/h4-7,9-12,15H,13-14H2,1-3H3,(H,25,28);2-5,9H,1H3,(H,10,11). The van der Waals surface area contributed by atoms with Crippen molar-refractivity contribution >= 4 is 40.4 Å². The van der Waals surface area contributed by atoms with Crippen molar-refractivity contribution < 1.29 is 23.9 Å². The van der Waals surface area contributed by atoms with Crippen molar-refractivity contribution in [1.82, 2.24) is 4.57 Å². The zero-order valence-corrected chi connectivity index (χ0v) is 22.4. The van der Waals surface area contributed by atoms with Crippen molar-refractivity contribution in [3.63, 3.8) is 0 Å². The maximum absolute atomic E-state index is 14.2. The summed E-state index contributed by atoms with van der Waals surface area (Å²) >= 11 is 0. The molecule has 7 nitrogen and oxygen atoms in total. The Balaban J connectivity index is 0.000000320. The number of anilines is 2. The van der Waals surface area contributed by atoms with Gasteiger partial charge in [-0.1, -0.05) is 44.7 Å². The SMILES string of the molecule is CC(C)(C)CC(=O)Nc1ccc2c(c1)cc(C=O)n2CC1=CC=CC=C=C1F.CNc1ccc(C(=O)O)cc1. The lowest BCUT2D eigenvalue weighted by atomic mass is 9.92. The third kappa shape index (κ3) is 8.15. The molecule has 1 aliphatic carbocycles. The molecule has 0 unspecified atom stereocenters. The summed E-state index contributed by atoms with van der Waals surface area (Å²) in [5.41, 5.74) is 6.03. The van der Waals surface area contributed by atoms with Crippen molar-refractivity contribution in [3.05, 3.63) is 101 Å². The number of aromatic nitrogens is 1. The number of carbonyl (C=O) groups excluding carboxylic acids is 2. The van der Waals surface area contributed by atoms with Crippen molar-refractivity contribution in [2.75, 3.05) is 17.7 Å². The Bertz CT molecular complexity index is 1500. The van der Waals surface area contributed by atoms with Gasteiger partial charge in [-0.15, -0.1) is 0 Å². The van der Waals surface area contributed by atoms with E-state index in [1.165, 1.54) is 6.08 Å². The smallest absolute Gasteiger partial charge is 0.335 e. The Kier molecular flexibility index (Phi) is 9.42. The van der Waals surface area contributed by atoms with E-state index in [0.717, 1.165) is 22.9 Å². The zero-order chi connectivity index (χ0) is 28.6. The van der Waals surface area contributed by atoms with Crippen LogP contribution in [0.3, 0.4) is 0 Å². The predicted molar refractivity (Wildman–Crippen MR) is 153 cm³/mol. The first-order chi connectivity index (χ1) is 18.5. The van der Waals surface area contributed by atoms with Gasteiger partial charge < -0.3 is 20.3 Å². The molecule has 0 atom stereocenters. The van der Waals surface area contributed by atoms with Crippen LogP contribution >= 0.6 is 0 Å². The molecule has 8 heteroatoms. The van der Waals surface area contributed by atoms with E-state index in [2.05, 4.69) is 16.4 Å². The number of hydrogen-bond acceptors (Lipinski definition) is 4. The van der Waals surface area contributed by atoms with Gasteiger partial charge in [0.1, 0.15) is 0 Å². The number of carboxylic acids is 1. The van der Waals surface area contributed by atoms with Crippen molar-refractivity contribution in [1.29, 1.82) is 0 Å². The van der Waals surface area contributed by atoms with Crippen LogP contribution in [-0.2, 0) is 11.3 Å². The molecule has 2 aromatic carbocycles. The molecule has 0 fully saturated rings. The fraction of sp³-hybridized carbons (Fsp3) is 0.226. The van der Waals surface area contributed by atoms with E-state index < -0.39 is 11.8 Å². The highest BCUT2D eigenvalue weighted by Crippen LogP contribution is 2.27. The molecule has 202 valence electrons. The Morgan fingerprint density at radius 1 is 1.05 bits per heavy atom. The highest BCUT2D eigenvalue weighted by atomic mass is 19.1. The molecular formula is C31H32FN3O4. The van der Waals surface area contributed by atoms with Crippen LogP contribution in [0.5, 0.6) is 0 Å².